The number of carbonyl (C=O) groups excluding carboxylic acids is 1. The van der Waals surface area contributed by atoms with Crippen LogP contribution >= 0.6 is 11.3 Å². The first-order valence-corrected chi connectivity index (χ1v) is 10.2. The van der Waals surface area contributed by atoms with Crippen LogP contribution in [0.15, 0.2) is 48.6 Å². The van der Waals surface area contributed by atoms with Crippen LogP contribution in [0, 0.1) is 5.92 Å². The maximum atomic E-state index is 13.2. The predicted octanol–water partition coefficient (Wildman–Crippen LogP) is 1.56. The van der Waals surface area contributed by atoms with Gasteiger partial charge in [0.05, 0.1) is 22.2 Å². The van der Waals surface area contributed by atoms with Crippen LogP contribution in [0.4, 0.5) is 5.13 Å². The first kappa shape index (κ1) is 18.4. The molecule has 0 bridgehead atoms. The Kier molecular flexibility index (Phi) is 5.21. The number of benzene rings is 1. The van der Waals surface area contributed by atoms with Crippen LogP contribution in [0.5, 0.6) is 0 Å². The summed E-state index contributed by atoms with van der Waals surface area (Å²) in [4.78, 5) is 28.4. The third-order valence-electron chi connectivity index (χ3n) is 4.70. The van der Waals surface area contributed by atoms with Crippen molar-refractivity contribution in [3.63, 3.8) is 0 Å². The van der Waals surface area contributed by atoms with Gasteiger partial charge in [0.25, 0.3) is 5.91 Å². The Bertz CT molecular complexity index is 1000. The Morgan fingerprint density at radius 1 is 1.39 bits per heavy atom. The number of carbonyl (C=O) groups is 1. The molecular weight excluding hydrogens is 372 g/mol. The summed E-state index contributed by atoms with van der Waals surface area (Å²) in [6.07, 6.45) is 7.22. The molecule has 4 rings (SSSR count). The molecule has 28 heavy (non-hydrogen) atoms. The molecule has 1 aliphatic heterocycles. The SMILES string of the molecule is CCC=C1NN(c2nc3ccccc3s2)C(=O)C1C(C)=[NH+]CCc1cnc[nH]1. The molecule has 1 saturated heterocycles. The fourth-order valence-electron chi connectivity index (χ4n) is 3.33. The lowest BCUT2D eigenvalue weighted by atomic mass is 10.00. The van der Waals surface area contributed by atoms with Crippen LogP contribution < -0.4 is 15.4 Å². The Morgan fingerprint density at radius 3 is 3.00 bits per heavy atom. The highest BCUT2D eigenvalue weighted by Crippen LogP contribution is 2.32. The average molecular weight is 396 g/mol. The molecule has 0 aliphatic carbocycles. The Hall–Kier alpha value is -3.00. The first-order valence-electron chi connectivity index (χ1n) is 9.38. The number of allylic oxidation sites excluding steroid dienone is 1. The highest BCUT2D eigenvalue weighted by molar-refractivity contribution is 7.22. The molecule has 0 saturated carbocycles. The van der Waals surface area contributed by atoms with Crippen molar-refractivity contribution in [1.82, 2.24) is 20.4 Å². The summed E-state index contributed by atoms with van der Waals surface area (Å²) in [5.41, 5.74) is 7.07. The minimum atomic E-state index is -0.339. The lowest BCUT2D eigenvalue weighted by Crippen LogP contribution is -2.74. The molecule has 144 valence electrons. The van der Waals surface area contributed by atoms with E-state index in [1.54, 1.807) is 11.3 Å². The van der Waals surface area contributed by atoms with E-state index in [1.165, 1.54) is 11.3 Å². The second kappa shape index (κ2) is 7.93. The third-order valence-corrected chi connectivity index (χ3v) is 5.72. The predicted molar refractivity (Wildman–Crippen MR) is 111 cm³/mol. The number of nitrogens with zero attached hydrogens (tertiary/aromatic N) is 3. The standard InChI is InChI=1S/C20H22N6OS/c1-3-6-16-18(13(2)22-10-9-14-11-21-12-23-14)19(27)26(25-16)20-24-15-7-4-5-8-17(15)28-20/h4-8,11-12,18,25H,3,9-10H2,1-2H3,(H,21,23)/p+1. The van der Waals surface area contributed by atoms with E-state index < -0.39 is 0 Å². The smallest absolute Gasteiger partial charge is 0.267 e. The molecule has 7 nitrogen and oxygen atoms in total. The highest BCUT2D eigenvalue weighted by atomic mass is 32.1. The van der Waals surface area contributed by atoms with Crippen LogP contribution in [0.2, 0.25) is 0 Å². The van der Waals surface area contributed by atoms with E-state index in [0.29, 0.717) is 5.13 Å². The molecule has 1 unspecified atom stereocenters. The van der Waals surface area contributed by atoms with E-state index in [0.717, 1.165) is 46.7 Å². The number of hydrogen-bond donors (Lipinski definition) is 3. The number of para-hydroxylation sites is 1. The summed E-state index contributed by atoms with van der Waals surface area (Å²) in [7, 11) is 0. The van der Waals surface area contributed by atoms with Crippen LogP contribution in [-0.2, 0) is 11.2 Å². The number of nitrogens with one attached hydrogen (secondary N) is 3. The molecule has 1 amide bonds. The van der Waals surface area contributed by atoms with Crippen molar-refractivity contribution in [3.05, 3.63) is 54.3 Å². The molecule has 0 spiro atoms. The number of aromatic nitrogens is 3. The number of fused-ring (bicyclic) bond motifs is 1. The monoisotopic (exact) mass is 395 g/mol. The van der Waals surface area contributed by atoms with Crippen molar-refractivity contribution in [3.8, 4) is 0 Å². The lowest BCUT2D eigenvalue weighted by Gasteiger charge is -2.11. The number of aromatic amines is 1. The number of hydrazine groups is 1. The van der Waals surface area contributed by atoms with Gasteiger partial charge < -0.3 is 4.98 Å². The number of imidazole rings is 1. The van der Waals surface area contributed by atoms with Crippen LogP contribution in [0.1, 0.15) is 26.0 Å². The zero-order valence-electron chi connectivity index (χ0n) is 15.9. The number of rotatable bonds is 6. The van der Waals surface area contributed by atoms with Gasteiger partial charge >= 0.3 is 0 Å². The van der Waals surface area contributed by atoms with Gasteiger partial charge in [0.1, 0.15) is 6.54 Å². The minimum Gasteiger partial charge on any atom is -0.348 e. The van der Waals surface area contributed by atoms with Gasteiger partial charge in [0, 0.05) is 25.2 Å². The van der Waals surface area contributed by atoms with Crippen LogP contribution in [-0.4, -0.2) is 33.1 Å². The molecule has 1 aliphatic rings. The van der Waals surface area contributed by atoms with E-state index in [9.17, 15) is 4.79 Å². The van der Waals surface area contributed by atoms with Crippen molar-refractivity contribution < 1.29 is 9.79 Å². The average Bonchev–Trinajstić information content (AvgIpc) is 3.40. The molecule has 0 radical (unpaired) electrons. The molecule has 1 atom stereocenters. The normalized spacial score (nSPS) is 19.0. The largest absolute Gasteiger partial charge is 0.348 e. The van der Waals surface area contributed by atoms with Gasteiger partial charge in [-0.2, -0.15) is 5.01 Å². The van der Waals surface area contributed by atoms with Crippen molar-refractivity contribution in [2.75, 3.05) is 11.6 Å². The number of hydrogen-bond acceptors (Lipinski definition) is 5. The lowest BCUT2D eigenvalue weighted by molar-refractivity contribution is -0.458. The van der Waals surface area contributed by atoms with Gasteiger partial charge in [0.2, 0.25) is 5.13 Å². The van der Waals surface area contributed by atoms with Crippen molar-refractivity contribution in [2.24, 2.45) is 5.92 Å². The van der Waals surface area contributed by atoms with Crippen LogP contribution in [0.3, 0.4) is 0 Å². The molecule has 8 heteroatoms. The van der Waals surface area contributed by atoms with Gasteiger partial charge in [-0.25, -0.2) is 15.0 Å². The summed E-state index contributed by atoms with van der Waals surface area (Å²) < 4.78 is 1.06. The highest BCUT2D eigenvalue weighted by Gasteiger charge is 2.42. The van der Waals surface area contributed by atoms with Gasteiger partial charge in [-0.15, -0.1) is 0 Å². The van der Waals surface area contributed by atoms with E-state index in [4.69, 9.17) is 0 Å². The number of H-pyrrole nitrogens is 1. The summed E-state index contributed by atoms with van der Waals surface area (Å²) in [6, 6.07) is 7.92. The number of amides is 1. The zero-order chi connectivity index (χ0) is 19.5. The summed E-state index contributed by atoms with van der Waals surface area (Å²) >= 11 is 1.51. The Balaban J connectivity index is 1.57. The fraction of sp³-hybridized carbons (Fsp3) is 0.300. The summed E-state index contributed by atoms with van der Waals surface area (Å²) in [5.74, 6) is -0.348. The quantitative estimate of drug-likeness (QED) is 0.553. The van der Waals surface area contributed by atoms with Crippen molar-refractivity contribution in [2.45, 2.75) is 26.7 Å². The molecule has 1 aromatic carbocycles. The molecule has 3 heterocycles. The van der Waals surface area contributed by atoms with E-state index in [2.05, 4.69) is 38.4 Å². The second-order valence-electron chi connectivity index (χ2n) is 6.69. The third kappa shape index (κ3) is 3.55. The topological polar surface area (TPSA) is 87.9 Å². The first-order chi connectivity index (χ1) is 13.7. The van der Waals surface area contributed by atoms with Crippen molar-refractivity contribution >= 4 is 38.3 Å². The molecule has 1 fully saturated rings. The molecule has 3 aromatic rings. The Labute approximate surface area is 167 Å². The minimum absolute atomic E-state index is 0.00898. The zero-order valence-corrected chi connectivity index (χ0v) is 16.7. The molecule has 2 aromatic heterocycles. The van der Waals surface area contributed by atoms with E-state index in [1.807, 2.05) is 37.4 Å². The van der Waals surface area contributed by atoms with Crippen LogP contribution in [0.25, 0.3) is 10.2 Å². The fourth-order valence-corrected chi connectivity index (χ4v) is 4.26. The maximum absolute atomic E-state index is 13.2. The second-order valence-corrected chi connectivity index (χ2v) is 7.70. The van der Waals surface area contributed by atoms with Gasteiger partial charge in [-0.3, -0.25) is 10.2 Å². The molecular formula is C20H23N6OS+. The maximum Gasteiger partial charge on any atom is 0.267 e. The van der Waals surface area contributed by atoms with Crippen molar-refractivity contribution in [1.29, 1.82) is 0 Å². The Morgan fingerprint density at radius 2 is 2.25 bits per heavy atom. The molecule has 3 N–H and O–H groups in total. The van der Waals surface area contributed by atoms with Gasteiger partial charge in [-0.1, -0.05) is 36.5 Å². The number of anilines is 1. The number of thiazole rings is 1. The van der Waals surface area contributed by atoms with E-state index >= 15 is 0 Å². The van der Waals surface area contributed by atoms with Gasteiger partial charge in [-0.05, 0) is 18.6 Å². The van der Waals surface area contributed by atoms with E-state index in [-0.39, 0.29) is 11.8 Å². The summed E-state index contributed by atoms with van der Waals surface area (Å²) in [5, 5.41) is 2.25. The summed E-state index contributed by atoms with van der Waals surface area (Å²) in [6.45, 7) is 4.78. The van der Waals surface area contributed by atoms with Gasteiger partial charge in [0.15, 0.2) is 11.6 Å².